The number of phenols is 1. The fraction of sp³-hybridized carbons (Fsp3) is 0.167. The number of anilines is 1. The van der Waals surface area contributed by atoms with E-state index >= 15 is 0 Å². The van der Waals surface area contributed by atoms with E-state index in [4.69, 9.17) is 5.11 Å². The molecule has 0 unspecified atom stereocenters. The number of carboxylic acids is 1. The van der Waals surface area contributed by atoms with Crippen molar-refractivity contribution < 1.29 is 29.4 Å². The van der Waals surface area contributed by atoms with Crippen LogP contribution in [0.5, 0.6) is 5.75 Å². The highest BCUT2D eigenvalue weighted by Crippen LogP contribution is 2.24. The molecule has 21 heavy (non-hydrogen) atoms. The molecule has 2 rings (SSSR count). The van der Waals surface area contributed by atoms with Crippen molar-refractivity contribution in [2.24, 2.45) is 0 Å². The molecule has 3 amide bonds. The molecule has 1 aromatic rings. The van der Waals surface area contributed by atoms with Crippen molar-refractivity contribution in [1.82, 2.24) is 5.32 Å². The Labute approximate surface area is 122 Å². The fourth-order valence-electron chi connectivity index (χ4n) is 1.70. The monoisotopic (exact) mass is 310 g/mol. The molecule has 110 valence electrons. The molecule has 0 saturated carbocycles. The number of benzene rings is 1. The molecular formula is C12H10N2O6S. The number of aromatic hydroxyl groups is 1. The Bertz CT molecular complexity index is 645. The van der Waals surface area contributed by atoms with Gasteiger partial charge < -0.3 is 15.5 Å². The molecule has 0 spiro atoms. The van der Waals surface area contributed by atoms with Crippen LogP contribution in [0.3, 0.4) is 0 Å². The minimum atomic E-state index is -1.29. The van der Waals surface area contributed by atoms with Gasteiger partial charge in [0.1, 0.15) is 16.6 Å². The normalized spacial score (nSPS) is 17.4. The first-order valence-electron chi connectivity index (χ1n) is 5.74. The van der Waals surface area contributed by atoms with Crippen molar-refractivity contribution in [3.05, 3.63) is 23.8 Å². The van der Waals surface area contributed by atoms with Crippen LogP contribution in [0.1, 0.15) is 16.8 Å². The lowest BCUT2D eigenvalue weighted by Gasteiger charge is -2.08. The zero-order chi connectivity index (χ0) is 15.6. The Kier molecular flexibility index (Phi) is 4.13. The summed E-state index contributed by atoms with van der Waals surface area (Å²) < 4.78 is 0. The van der Waals surface area contributed by atoms with Crippen LogP contribution >= 0.6 is 11.8 Å². The molecule has 1 aliphatic heterocycles. The van der Waals surface area contributed by atoms with Crippen LogP contribution in [0.15, 0.2) is 18.2 Å². The summed E-state index contributed by atoms with van der Waals surface area (Å²) in [5.74, 6) is -2.82. The standard InChI is InChI=1S/C12H10N2O6S/c15-7-3-5(1-2-6(7)11(18)19)13-9(16)4-8-10(17)14-12(20)21-8/h1-3,8,15H,4H2,(H,13,16)(H,18,19)(H,14,17,20)/t8-/m0/s1. The van der Waals surface area contributed by atoms with Crippen molar-refractivity contribution in [1.29, 1.82) is 0 Å². The van der Waals surface area contributed by atoms with Gasteiger partial charge in [-0.25, -0.2) is 4.79 Å². The molecule has 0 bridgehead atoms. The molecule has 1 heterocycles. The van der Waals surface area contributed by atoms with Crippen LogP contribution in [0.2, 0.25) is 0 Å². The predicted octanol–water partition coefficient (Wildman–Crippen LogP) is 0.771. The molecule has 4 N–H and O–H groups in total. The Morgan fingerprint density at radius 2 is 2.05 bits per heavy atom. The number of hydrogen-bond acceptors (Lipinski definition) is 6. The SMILES string of the molecule is O=C(C[C@@H]1SC(=O)NC1=O)Nc1ccc(C(=O)O)c(O)c1. The minimum absolute atomic E-state index is 0.192. The van der Waals surface area contributed by atoms with Gasteiger partial charge >= 0.3 is 5.97 Å². The number of imide groups is 1. The van der Waals surface area contributed by atoms with E-state index in [1.54, 1.807) is 0 Å². The molecule has 1 saturated heterocycles. The first kappa shape index (κ1) is 14.9. The number of hydrogen-bond donors (Lipinski definition) is 4. The van der Waals surface area contributed by atoms with Gasteiger partial charge in [0.15, 0.2) is 0 Å². The lowest BCUT2D eigenvalue weighted by atomic mass is 10.1. The number of rotatable bonds is 4. The van der Waals surface area contributed by atoms with E-state index in [1.807, 2.05) is 0 Å². The summed E-state index contributed by atoms with van der Waals surface area (Å²) in [6.45, 7) is 0. The number of carbonyl (C=O) groups excluding carboxylic acids is 3. The third-order valence-corrected chi connectivity index (χ3v) is 3.63. The Hall–Kier alpha value is -2.55. The summed E-state index contributed by atoms with van der Waals surface area (Å²) in [6, 6.07) is 3.55. The van der Waals surface area contributed by atoms with Gasteiger partial charge in [0.25, 0.3) is 5.24 Å². The molecule has 8 nitrogen and oxygen atoms in total. The van der Waals surface area contributed by atoms with Gasteiger partial charge in [-0.15, -0.1) is 0 Å². The van der Waals surface area contributed by atoms with E-state index < -0.39 is 34.0 Å². The first-order chi connectivity index (χ1) is 9.86. The van der Waals surface area contributed by atoms with Crippen molar-refractivity contribution in [2.45, 2.75) is 11.7 Å². The summed E-state index contributed by atoms with van der Waals surface area (Å²) in [6.07, 6.45) is -0.205. The lowest BCUT2D eigenvalue weighted by Crippen LogP contribution is -2.27. The van der Waals surface area contributed by atoms with Crippen molar-refractivity contribution in [3.63, 3.8) is 0 Å². The van der Waals surface area contributed by atoms with Crippen LogP contribution in [-0.2, 0) is 9.59 Å². The second-order valence-electron chi connectivity index (χ2n) is 4.17. The second kappa shape index (κ2) is 5.83. The number of aromatic carboxylic acids is 1. The Morgan fingerprint density at radius 1 is 1.33 bits per heavy atom. The van der Waals surface area contributed by atoms with E-state index in [9.17, 15) is 24.3 Å². The predicted molar refractivity (Wildman–Crippen MR) is 73.2 cm³/mol. The van der Waals surface area contributed by atoms with E-state index in [1.165, 1.54) is 6.07 Å². The summed E-state index contributed by atoms with van der Waals surface area (Å²) in [4.78, 5) is 44.7. The summed E-state index contributed by atoms with van der Waals surface area (Å²) in [5.41, 5.74) is -0.0958. The molecule has 1 aromatic carbocycles. The van der Waals surface area contributed by atoms with Crippen molar-refractivity contribution >= 4 is 40.5 Å². The summed E-state index contributed by atoms with van der Waals surface area (Å²) in [7, 11) is 0. The van der Waals surface area contributed by atoms with Gasteiger partial charge in [-0.3, -0.25) is 19.7 Å². The van der Waals surface area contributed by atoms with Gasteiger partial charge in [0.2, 0.25) is 11.8 Å². The molecule has 0 radical (unpaired) electrons. The smallest absolute Gasteiger partial charge is 0.339 e. The largest absolute Gasteiger partial charge is 0.507 e. The van der Waals surface area contributed by atoms with E-state index in [2.05, 4.69) is 10.6 Å². The number of amides is 3. The third-order valence-electron chi connectivity index (χ3n) is 2.65. The highest BCUT2D eigenvalue weighted by atomic mass is 32.2. The zero-order valence-electron chi connectivity index (χ0n) is 10.5. The maximum Gasteiger partial charge on any atom is 0.339 e. The van der Waals surface area contributed by atoms with Crippen LogP contribution in [-0.4, -0.2) is 38.5 Å². The van der Waals surface area contributed by atoms with E-state index in [0.29, 0.717) is 0 Å². The molecule has 1 atom stereocenters. The fourth-order valence-corrected chi connectivity index (χ4v) is 2.52. The van der Waals surface area contributed by atoms with Crippen LogP contribution < -0.4 is 10.6 Å². The molecule has 0 aromatic heterocycles. The number of carboxylic acid groups (broad SMARTS) is 1. The topological polar surface area (TPSA) is 133 Å². The van der Waals surface area contributed by atoms with Crippen LogP contribution in [0, 0.1) is 0 Å². The quantitative estimate of drug-likeness (QED) is 0.645. The first-order valence-corrected chi connectivity index (χ1v) is 6.62. The van der Waals surface area contributed by atoms with Gasteiger partial charge in [-0.2, -0.15) is 0 Å². The zero-order valence-corrected chi connectivity index (χ0v) is 11.3. The van der Waals surface area contributed by atoms with Gasteiger partial charge in [0, 0.05) is 18.2 Å². The number of nitrogens with one attached hydrogen (secondary N) is 2. The number of carbonyl (C=O) groups is 4. The van der Waals surface area contributed by atoms with Gasteiger partial charge in [0.05, 0.1) is 0 Å². The Balaban J connectivity index is 2.00. The molecule has 0 aliphatic carbocycles. The summed E-state index contributed by atoms with van der Waals surface area (Å²) >= 11 is 0.735. The van der Waals surface area contributed by atoms with Gasteiger partial charge in [-0.05, 0) is 12.1 Å². The highest BCUT2D eigenvalue weighted by Gasteiger charge is 2.33. The lowest BCUT2D eigenvalue weighted by molar-refractivity contribution is -0.122. The molecule has 1 fully saturated rings. The van der Waals surface area contributed by atoms with E-state index in [0.717, 1.165) is 23.9 Å². The highest BCUT2D eigenvalue weighted by molar-refractivity contribution is 8.15. The average Bonchev–Trinajstić information content (AvgIpc) is 2.67. The molecular weight excluding hydrogens is 300 g/mol. The molecule has 1 aliphatic rings. The second-order valence-corrected chi connectivity index (χ2v) is 5.35. The average molecular weight is 310 g/mol. The van der Waals surface area contributed by atoms with Crippen molar-refractivity contribution in [3.8, 4) is 5.75 Å². The third kappa shape index (κ3) is 3.51. The Morgan fingerprint density at radius 3 is 2.57 bits per heavy atom. The maximum absolute atomic E-state index is 11.7. The minimum Gasteiger partial charge on any atom is -0.507 e. The van der Waals surface area contributed by atoms with Crippen molar-refractivity contribution in [2.75, 3.05) is 5.32 Å². The van der Waals surface area contributed by atoms with Crippen LogP contribution in [0.4, 0.5) is 10.5 Å². The number of thioether (sulfide) groups is 1. The summed E-state index contributed by atoms with van der Waals surface area (Å²) in [5, 5.41) is 21.4. The van der Waals surface area contributed by atoms with Crippen LogP contribution in [0.25, 0.3) is 0 Å². The maximum atomic E-state index is 11.7. The molecule has 9 heteroatoms. The van der Waals surface area contributed by atoms with E-state index in [-0.39, 0.29) is 17.7 Å². The van der Waals surface area contributed by atoms with Gasteiger partial charge in [-0.1, -0.05) is 11.8 Å².